The lowest BCUT2D eigenvalue weighted by atomic mass is 10.0. The molecule has 6 nitrogen and oxygen atoms in total. The third-order valence-corrected chi connectivity index (χ3v) is 9.53. The molecule has 0 spiro atoms. The van der Waals surface area contributed by atoms with Crippen molar-refractivity contribution in [3.05, 3.63) is 176 Å². The van der Waals surface area contributed by atoms with Crippen LogP contribution in [0.2, 0.25) is 0 Å². The summed E-state index contributed by atoms with van der Waals surface area (Å²) in [4.78, 5) is 20.4. The molecule has 3 aromatic heterocycles. The fourth-order valence-corrected chi connectivity index (χ4v) is 7.01. The maximum absolute atomic E-state index is 6.21. The summed E-state index contributed by atoms with van der Waals surface area (Å²) in [5, 5.41) is 2.29. The lowest BCUT2D eigenvalue weighted by molar-refractivity contribution is 0.620. The van der Waals surface area contributed by atoms with E-state index in [9.17, 15) is 0 Å². The van der Waals surface area contributed by atoms with Crippen LogP contribution in [0.1, 0.15) is 0 Å². The van der Waals surface area contributed by atoms with Crippen molar-refractivity contribution in [2.75, 3.05) is 0 Å². The van der Waals surface area contributed by atoms with Gasteiger partial charge < -0.3 is 4.42 Å². The molecule has 6 heteroatoms. The number of benzene rings is 7. The Bertz CT molecular complexity index is 2840. The summed E-state index contributed by atoms with van der Waals surface area (Å²) in [6, 6.07) is 59.9. The topological polar surface area (TPSA) is 69.6 Å². The van der Waals surface area contributed by atoms with Crippen molar-refractivity contribution in [1.29, 1.82) is 0 Å². The van der Waals surface area contributed by atoms with Gasteiger partial charge in [-0.25, -0.2) is 9.97 Å². The van der Waals surface area contributed by atoms with E-state index in [1.165, 1.54) is 0 Å². The van der Waals surface area contributed by atoms with Gasteiger partial charge in [0.2, 0.25) is 11.8 Å². The van der Waals surface area contributed by atoms with Gasteiger partial charge in [-0.05, 0) is 53.1 Å². The van der Waals surface area contributed by atoms with Gasteiger partial charge in [-0.1, -0.05) is 140 Å². The summed E-state index contributed by atoms with van der Waals surface area (Å²) in [5.74, 6) is 2.32. The minimum Gasteiger partial charge on any atom is -0.436 e. The molecule has 0 aliphatic heterocycles. The van der Waals surface area contributed by atoms with Crippen molar-refractivity contribution in [1.82, 2.24) is 24.5 Å². The molecule has 0 radical (unpaired) electrons. The van der Waals surface area contributed by atoms with Crippen molar-refractivity contribution in [3.63, 3.8) is 0 Å². The Kier molecular flexibility index (Phi) is 7.03. The number of hydrogen-bond acceptors (Lipinski definition) is 5. The Morgan fingerprint density at radius 1 is 0.385 bits per heavy atom. The summed E-state index contributed by atoms with van der Waals surface area (Å²) in [6.45, 7) is 0. The molecule has 3 heterocycles. The van der Waals surface area contributed by atoms with Crippen molar-refractivity contribution in [2.45, 2.75) is 0 Å². The van der Waals surface area contributed by atoms with E-state index in [1.807, 2.05) is 54.6 Å². The molecule has 0 aliphatic carbocycles. The molecule has 0 saturated carbocycles. The minimum atomic E-state index is 0.557. The van der Waals surface area contributed by atoms with Crippen molar-refractivity contribution < 1.29 is 4.42 Å². The number of hydrogen-bond donors (Lipinski definition) is 0. The Hall–Kier alpha value is -7.18. The van der Waals surface area contributed by atoms with Gasteiger partial charge in [0, 0.05) is 33.0 Å². The molecule has 0 atom stereocenters. The van der Waals surface area contributed by atoms with Crippen LogP contribution in [0.3, 0.4) is 0 Å². The molecular weight excluding hydrogens is 639 g/mol. The summed E-state index contributed by atoms with van der Waals surface area (Å²) < 4.78 is 8.35. The average Bonchev–Trinajstić information content (AvgIpc) is 3.82. The lowest BCUT2D eigenvalue weighted by Gasteiger charge is -2.12. The number of nitrogens with zero attached hydrogens (tertiary/aromatic N) is 5. The van der Waals surface area contributed by atoms with Crippen LogP contribution < -0.4 is 0 Å². The van der Waals surface area contributed by atoms with Gasteiger partial charge in [0.1, 0.15) is 5.52 Å². The molecular formula is C46H29N5O. The van der Waals surface area contributed by atoms with E-state index >= 15 is 0 Å². The Morgan fingerprint density at radius 3 is 1.63 bits per heavy atom. The molecule has 0 aliphatic rings. The first-order valence-electron chi connectivity index (χ1n) is 17.2. The first-order valence-corrected chi connectivity index (χ1v) is 17.2. The molecule has 52 heavy (non-hydrogen) atoms. The SMILES string of the molecule is c1ccc(-c2ccc(-c3nc(-c4cccc(-c5cccc6oc(-c7ccccc7)nc56)c4)nc(-n4c5ccccc5c5ccccc54)n3)cc2)cc1. The van der Waals surface area contributed by atoms with Gasteiger partial charge in [-0.2, -0.15) is 9.97 Å². The van der Waals surface area contributed by atoms with Gasteiger partial charge in [0.25, 0.3) is 0 Å². The Morgan fingerprint density at radius 2 is 0.923 bits per heavy atom. The summed E-state index contributed by atoms with van der Waals surface area (Å²) in [6.07, 6.45) is 0. The Labute approximate surface area is 299 Å². The first-order chi connectivity index (χ1) is 25.8. The number of rotatable bonds is 6. The summed E-state index contributed by atoms with van der Waals surface area (Å²) >= 11 is 0. The predicted octanol–water partition coefficient (Wildman–Crippen LogP) is 11.4. The van der Waals surface area contributed by atoms with Crippen LogP contribution in [-0.2, 0) is 0 Å². The molecule has 0 bridgehead atoms. The average molecular weight is 668 g/mol. The van der Waals surface area contributed by atoms with Crippen molar-refractivity contribution in [2.24, 2.45) is 0 Å². The van der Waals surface area contributed by atoms with E-state index in [4.69, 9.17) is 24.4 Å². The number of fused-ring (bicyclic) bond motifs is 4. The number of oxazole rings is 1. The molecule has 10 rings (SSSR count). The summed E-state index contributed by atoms with van der Waals surface area (Å²) in [7, 11) is 0. The quantitative estimate of drug-likeness (QED) is 0.176. The zero-order chi connectivity index (χ0) is 34.4. The normalized spacial score (nSPS) is 11.5. The van der Waals surface area contributed by atoms with Crippen molar-refractivity contribution in [3.8, 4) is 62.4 Å². The van der Waals surface area contributed by atoms with E-state index in [0.29, 0.717) is 23.5 Å². The highest BCUT2D eigenvalue weighted by atomic mass is 16.3. The zero-order valence-electron chi connectivity index (χ0n) is 27.9. The van der Waals surface area contributed by atoms with E-state index in [-0.39, 0.29) is 0 Å². The van der Waals surface area contributed by atoms with Gasteiger partial charge in [-0.15, -0.1) is 0 Å². The highest BCUT2D eigenvalue weighted by Crippen LogP contribution is 2.35. The molecule has 0 N–H and O–H groups in total. The van der Waals surface area contributed by atoms with Crippen LogP contribution in [0.5, 0.6) is 0 Å². The zero-order valence-corrected chi connectivity index (χ0v) is 27.9. The third kappa shape index (κ3) is 5.13. The van der Waals surface area contributed by atoms with E-state index in [0.717, 1.165) is 71.8 Å². The van der Waals surface area contributed by atoms with E-state index in [2.05, 4.69) is 126 Å². The summed E-state index contributed by atoms with van der Waals surface area (Å²) in [5.41, 5.74) is 10.6. The van der Waals surface area contributed by atoms with Gasteiger partial charge in [-0.3, -0.25) is 4.57 Å². The molecule has 0 saturated heterocycles. The third-order valence-electron chi connectivity index (χ3n) is 9.53. The fraction of sp³-hybridized carbons (Fsp3) is 0. The Balaban J connectivity index is 1.14. The monoisotopic (exact) mass is 667 g/mol. The number of para-hydroxylation sites is 3. The largest absolute Gasteiger partial charge is 0.436 e. The molecule has 0 amide bonds. The molecule has 0 unspecified atom stereocenters. The van der Waals surface area contributed by atoms with E-state index in [1.54, 1.807) is 0 Å². The first kappa shape index (κ1) is 29.7. The van der Waals surface area contributed by atoms with Crippen LogP contribution in [0, 0.1) is 0 Å². The highest BCUT2D eigenvalue weighted by molar-refractivity contribution is 6.09. The van der Waals surface area contributed by atoms with Gasteiger partial charge >= 0.3 is 0 Å². The smallest absolute Gasteiger partial charge is 0.238 e. The molecule has 7 aromatic carbocycles. The molecule has 244 valence electrons. The maximum atomic E-state index is 6.21. The second-order valence-electron chi connectivity index (χ2n) is 12.7. The van der Waals surface area contributed by atoms with Gasteiger partial charge in [0.05, 0.1) is 11.0 Å². The second-order valence-corrected chi connectivity index (χ2v) is 12.7. The lowest BCUT2D eigenvalue weighted by Crippen LogP contribution is -2.06. The number of aromatic nitrogens is 5. The van der Waals surface area contributed by atoms with Crippen LogP contribution >= 0.6 is 0 Å². The molecule has 10 aromatic rings. The van der Waals surface area contributed by atoms with Crippen molar-refractivity contribution >= 4 is 32.9 Å². The van der Waals surface area contributed by atoms with E-state index < -0.39 is 0 Å². The van der Waals surface area contributed by atoms with Gasteiger partial charge in [0.15, 0.2) is 17.2 Å². The highest BCUT2D eigenvalue weighted by Gasteiger charge is 2.19. The standard InChI is InChI=1S/C46H29N5O/c1-3-13-30(14-4-1)31-25-27-32(28-26-31)43-48-44(50-46(49-43)51-39-22-9-7-19-37(39)38-20-8-10-23-40(38)51)35-18-11-17-34(29-35)36-21-12-24-41-42(36)47-45(52-41)33-15-5-2-6-16-33/h1-29H. The van der Waals surface area contributed by atoms with Crippen LogP contribution in [0.15, 0.2) is 180 Å². The molecule has 0 fully saturated rings. The van der Waals surface area contributed by atoms with Crippen LogP contribution in [0.25, 0.3) is 95.3 Å². The predicted molar refractivity (Wildman–Crippen MR) is 209 cm³/mol. The second kappa shape index (κ2) is 12.3. The van der Waals surface area contributed by atoms with Crippen LogP contribution in [-0.4, -0.2) is 24.5 Å². The minimum absolute atomic E-state index is 0.557. The maximum Gasteiger partial charge on any atom is 0.238 e. The fourth-order valence-electron chi connectivity index (χ4n) is 7.01. The van der Waals surface area contributed by atoms with Crippen LogP contribution in [0.4, 0.5) is 0 Å².